The number of aryl methyl sites for hydroxylation is 2. The van der Waals surface area contributed by atoms with Gasteiger partial charge in [0, 0.05) is 0 Å². The summed E-state index contributed by atoms with van der Waals surface area (Å²) in [4.78, 5) is 0. The maximum atomic E-state index is 2.57. The van der Waals surface area contributed by atoms with Crippen molar-refractivity contribution in [1.82, 2.24) is 0 Å². The Morgan fingerprint density at radius 1 is 0.286 bits per heavy atom. The highest BCUT2D eigenvalue weighted by Gasteiger charge is 2.68. The van der Waals surface area contributed by atoms with Crippen LogP contribution in [0, 0.1) is 81.8 Å². The van der Waals surface area contributed by atoms with E-state index in [1.807, 2.05) is 0 Å². The van der Waals surface area contributed by atoms with E-state index in [0.717, 1.165) is 71.0 Å². The summed E-state index contributed by atoms with van der Waals surface area (Å²) in [5, 5.41) is 0. The van der Waals surface area contributed by atoms with E-state index in [-0.39, 0.29) is 0 Å². The van der Waals surface area contributed by atoms with Crippen LogP contribution in [-0.2, 0) is 12.8 Å². The van der Waals surface area contributed by atoms with E-state index in [4.69, 9.17) is 0 Å². The van der Waals surface area contributed by atoms with Crippen molar-refractivity contribution in [2.45, 2.75) is 347 Å². The molecule has 3 aromatic carbocycles. The number of benzene rings is 3. The van der Waals surface area contributed by atoms with Gasteiger partial charge in [-0.05, 0) is 223 Å². The predicted octanol–water partition coefficient (Wildman–Crippen LogP) is 28.0. The van der Waals surface area contributed by atoms with Crippen LogP contribution in [0.15, 0.2) is 48.5 Å². The molecule has 1 saturated carbocycles. The molecule has 0 aliphatic heterocycles. The third-order valence-electron chi connectivity index (χ3n) is 21.0. The Labute approximate surface area is 530 Å². The summed E-state index contributed by atoms with van der Waals surface area (Å²) >= 11 is 0. The van der Waals surface area contributed by atoms with Crippen LogP contribution in [0.2, 0.25) is 0 Å². The summed E-state index contributed by atoms with van der Waals surface area (Å²) < 4.78 is 0. The minimum absolute atomic E-state index is 0.515. The maximum absolute atomic E-state index is 2.57. The van der Waals surface area contributed by atoms with Crippen LogP contribution in [0.25, 0.3) is 0 Å². The van der Waals surface area contributed by atoms with Crippen molar-refractivity contribution < 1.29 is 0 Å². The molecule has 2 atom stereocenters. The molecule has 0 bridgehead atoms. The van der Waals surface area contributed by atoms with Crippen molar-refractivity contribution in [3.8, 4) is 0 Å². The normalized spacial score (nSPS) is 19.1. The monoisotopic (exact) mass is 1160 g/mol. The van der Waals surface area contributed by atoms with Crippen molar-refractivity contribution >= 4 is 0 Å². The second-order valence-electron chi connectivity index (χ2n) is 33.5. The Morgan fingerprint density at radius 2 is 0.512 bits per heavy atom. The van der Waals surface area contributed by atoms with Crippen LogP contribution in [0.3, 0.4) is 0 Å². The summed E-state index contributed by atoms with van der Waals surface area (Å²) in [5.74, 6) is 14.9. The van der Waals surface area contributed by atoms with Gasteiger partial charge in [-0.1, -0.05) is 310 Å². The minimum atomic E-state index is 0.515. The van der Waals surface area contributed by atoms with Crippen LogP contribution in [-0.4, -0.2) is 0 Å². The second-order valence-corrected chi connectivity index (χ2v) is 33.5. The van der Waals surface area contributed by atoms with Crippen LogP contribution in [0.4, 0.5) is 0 Å². The SMILES string of the molecule is CC(C)C1C(C)(C(C)C)C(C(C)C)C1(C)C(C)C.CC(C)CC(C(C)C)C(CC(C)C)C(C)C.CC(C)c1cc(C(C)C)c(C(C)C)cc1C(C)C.CC(C)c1ccc(CCCCCCCCc2ccc(C(C)C)c(C(C)C)c2)cc1C(C)C. The number of unbranched alkanes of at least 4 members (excludes halogenated alkanes) is 5. The lowest BCUT2D eigenvalue weighted by Gasteiger charge is -2.73. The lowest BCUT2D eigenvalue weighted by Crippen LogP contribution is -2.69. The third-order valence-corrected chi connectivity index (χ3v) is 21.0. The molecule has 0 heteroatoms. The first kappa shape index (κ1) is 79.7. The minimum Gasteiger partial charge on any atom is -0.0628 e. The van der Waals surface area contributed by atoms with Crippen molar-refractivity contribution in [2.24, 2.45) is 81.8 Å². The van der Waals surface area contributed by atoms with Crippen LogP contribution >= 0.6 is 0 Å². The van der Waals surface area contributed by atoms with Gasteiger partial charge in [0.1, 0.15) is 0 Å². The fraction of sp³-hybridized carbons (Fsp3) is 0.786. The quantitative estimate of drug-likeness (QED) is 0.0636. The van der Waals surface area contributed by atoms with Gasteiger partial charge in [0.25, 0.3) is 0 Å². The van der Waals surface area contributed by atoms with Gasteiger partial charge < -0.3 is 0 Å². The molecule has 486 valence electrons. The fourth-order valence-electron chi connectivity index (χ4n) is 16.6. The molecule has 0 N–H and O–H groups in total. The van der Waals surface area contributed by atoms with Gasteiger partial charge in [0.2, 0.25) is 0 Å². The lowest BCUT2D eigenvalue weighted by atomic mass is 9.31. The largest absolute Gasteiger partial charge is 0.0628 e. The number of hydrogen-bond acceptors (Lipinski definition) is 0. The van der Waals surface area contributed by atoms with E-state index < -0.39 is 0 Å². The van der Waals surface area contributed by atoms with Gasteiger partial charge in [-0.25, -0.2) is 0 Å². The molecule has 3 aromatic rings. The first-order valence-corrected chi connectivity index (χ1v) is 36.2. The Kier molecular flexibility index (Phi) is 35.1. The lowest BCUT2D eigenvalue weighted by molar-refractivity contribution is -0.261. The summed E-state index contributed by atoms with van der Waals surface area (Å²) in [6.07, 6.45) is 13.4. The van der Waals surface area contributed by atoms with Crippen molar-refractivity contribution in [2.75, 3.05) is 0 Å². The molecular formula is C84H150. The molecule has 0 spiro atoms. The molecule has 0 nitrogen and oxygen atoms in total. The Bertz CT molecular complexity index is 2040. The van der Waals surface area contributed by atoms with E-state index in [9.17, 15) is 0 Å². The van der Waals surface area contributed by atoms with Crippen LogP contribution in [0.5, 0.6) is 0 Å². The van der Waals surface area contributed by atoms with Crippen molar-refractivity contribution in [1.29, 1.82) is 0 Å². The van der Waals surface area contributed by atoms with Gasteiger partial charge in [0.15, 0.2) is 0 Å². The zero-order valence-corrected chi connectivity index (χ0v) is 63.2. The average Bonchev–Trinajstić information content (AvgIpc) is 3.57. The van der Waals surface area contributed by atoms with Gasteiger partial charge in [-0.3, -0.25) is 0 Å². The van der Waals surface area contributed by atoms with Crippen molar-refractivity contribution in [3.63, 3.8) is 0 Å². The average molecular weight is 1160 g/mol. The molecule has 1 fully saturated rings. The molecule has 4 rings (SSSR count). The molecule has 0 radical (unpaired) electrons. The molecule has 2 unspecified atom stereocenters. The van der Waals surface area contributed by atoms with Gasteiger partial charge in [-0.15, -0.1) is 0 Å². The first-order valence-electron chi connectivity index (χ1n) is 36.2. The Hall–Kier alpha value is -2.34. The number of hydrogen-bond donors (Lipinski definition) is 0. The summed E-state index contributed by atoms with van der Waals surface area (Å²) in [7, 11) is 0. The highest BCUT2D eigenvalue weighted by Crippen LogP contribution is 2.73. The van der Waals surface area contributed by atoms with E-state index >= 15 is 0 Å². The van der Waals surface area contributed by atoms with Gasteiger partial charge >= 0.3 is 0 Å². The Balaban J connectivity index is 0.000000588. The zero-order valence-electron chi connectivity index (χ0n) is 63.2. The Morgan fingerprint density at radius 3 is 0.702 bits per heavy atom. The highest BCUT2D eigenvalue weighted by molar-refractivity contribution is 5.44. The molecule has 1 aliphatic rings. The zero-order chi connectivity index (χ0) is 65.0. The van der Waals surface area contributed by atoms with Gasteiger partial charge in [-0.2, -0.15) is 0 Å². The third kappa shape index (κ3) is 22.9. The van der Waals surface area contributed by atoms with E-state index in [2.05, 4.69) is 284 Å². The second kappa shape index (κ2) is 37.0. The van der Waals surface area contributed by atoms with E-state index in [1.54, 1.807) is 11.1 Å². The predicted molar refractivity (Wildman–Crippen MR) is 385 cm³/mol. The molecule has 0 heterocycles. The molecule has 1 aliphatic carbocycles. The van der Waals surface area contributed by atoms with Gasteiger partial charge in [0.05, 0.1) is 0 Å². The standard InChI is InChI=1S/C32H50.C18H36.C18H30.C16H34/c1-23(2)29-19-17-27(21-31(29)25(5)6)15-13-11-9-10-12-14-16-28-18-20-30(24(3)4)32(22-28)26(7)8;1-11(2)15-17(9,13(5)6)16(12(3)4)18(15,10)14(7)8;1-11(2)15-9-17(13(5)6)18(14(7)8)10-16(15)12(3)4;1-11(2)9-15(13(5)6)16(14(7)8)10-12(3)4/h17-26H,9-16H2,1-8H3;11-16H,1-10H3;9-14H,1-8H3;11-16H,9-10H2,1-8H3. The number of rotatable bonds is 28. The van der Waals surface area contributed by atoms with Crippen molar-refractivity contribution in [3.05, 3.63) is 104 Å². The van der Waals surface area contributed by atoms with Crippen LogP contribution < -0.4 is 0 Å². The maximum Gasteiger partial charge on any atom is -0.0216 e. The summed E-state index contributed by atoms with van der Waals surface area (Å²) in [6, 6.07) is 19.4. The summed E-state index contributed by atoms with van der Waals surface area (Å²) in [6.45, 7) is 80.7. The fourth-order valence-corrected chi connectivity index (χ4v) is 16.6. The molecule has 0 amide bonds. The summed E-state index contributed by atoms with van der Waals surface area (Å²) in [5.41, 5.74) is 16.4. The molecule has 0 saturated heterocycles. The smallest absolute Gasteiger partial charge is 0.0216 e. The molecule has 84 heavy (non-hydrogen) atoms. The topological polar surface area (TPSA) is 0 Å². The van der Waals surface area contributed by atoms with Crippen LogP contribution in [0.1, 0.15) is 390 Å². The highest BCUT2D eigenvalue weighted by atomic mass is 14.7. The van der Waals surface area contributed by atoms with E-state index in [1.165, 1.54) is 109 Å². The first-order chi connectivity index (χ1) is 38.7. The molecular weight excluding hydrogens is 1010 g/mol. The van der Waals surface area contributed by atoms with E-state index in [0.29, 0.717) is 58.2 Å². The molecule has 0 aromatic heterocycles.